The topological polar surface area (TPSA) is 73.6 Å². The lowest BCUT2D eigenvalue weighted by molar-refractivity contribution is -0.119. The summed E-state index contributed by atoms with van der Waals surface area (Å²) in [6.45, 7) is 1.01. The first-order valence-electron chi connectivity index (χ1n) is 6.79. The van der Waals surface area contributed by atoms with E-state index in [4.69, 9.17) is 26.8 Å². The van der Waals surface area contributed by atoms with E-state index in [9.17, 15) is 4.79 Å². The largest absolute Gasteiger partial charge is 0.486 e. The fourth-order valence-electron chi connectivity index (χ4n) is 2.65. The van der Waals surface area contributed by atoms with Crippen LogP contribution < -0.4 is 20.5 Å². The van der Waals surface area contributed by atoms with Crippen molar-refractivity contribution in [1.82, 2.24) is 0 Å². The summed E-state index contributed by atoms with van der Waals surface area (Å²) in [7, 11) is 0. The Bertz CT molecular complexity index is 535. The Balaban J connectivity index is 1.75. The molecule has 0 radical (unpaired) electrons. The van der Waals surface area contributed by atoms with Gasteiger partial charge in [0.1, 0.15) is 13.2 Å². The van der Waals surface area contributed by atoms with Gasteiger partial charge in [-0.3, -0.25) is 4.79 Å². The lowest BCUT2D eigenvalue weighted by Gasteiger charge is -2.20. The van der Waals surface area contributed by atoms with Gasteiger partial charge in [-0.25, -0.2) is 0 Å². The molecule has 6 heteroatoms. The molecule has 2 unspecified atom stereocenters. The van der Waals surface area contributed by atoms with Crippen molar-refractivity contribution in [1.29, 1.82) is 0 Å². The van der Waals surface area contributed by atoms with Crippen molar-refractivity contribution in [3.8, 4) is 11.5 Å². The summed E-state index contributed by atoms with van der Waals surface area (Å²) in [6, 6.07) is 3.51. The van der Waals surface area contributed by atoms with Gasteiger partial charge in [0.2, 0.25) is 5.91 Å². The van der Waals surface area contributed by atoms with E-state index in [0.717, 1.165) is 19.3 Å². The summed E-state index contributed by atoms with van der Waals surface area (Å²) in [5.41, 5.74) is 6.39. The summed E-state index contributed by atoms with van der Waals surface area (Å²) >= 11 is 6.17. The van der Waals surface area contributed by atoms with Crippen LogP contribution in [0.3, 0.4) is 0 Å². The van der Waals surface area contributed by atoms with Crippen molar-refractivity contribution in [3.63, 3.8) is 0 Å². The van der Waals surface area contributed by atoms with Gasteiger partial charge in [-0.05, 0) is 19.3 Å². The van der Waals surface area contributed by atoms with Gasteiger partial charge >= 0.3 is 0 Å². The van der Waals surface area contributed by atoms with E-state index in [2.05, 4.69) is 5.32 Å². The van der Waals surface area contributed by atoms with Crippen LogP contribution >= 0.6 is 11.6 Å². The maximum Gasteiger partial charge on any atom is 0.227 e. The number of nitrogens with one attached hydrogen (secondary N) is 1. The molecular formula is C14H17ClN2O3. The standard InChI is InChI=1S/C14H17ClN2O3/c15-10-6-12-13(20-4-3-19-12)7-11(10)17-14(18)8-1-2-9(16)5-8/h6-9H,1-5,16H2,(H,17,18). The monoisotopic (exact) mass is 296 g/mol. The molecule has 3 rings (SSSR count). The van der Waals surface area contributed by atoms with Crippen molar-refractivity contribution in [2.45, 2.75) is 25.3 Å². The summed E-state index contributed by atoms with van der Waals surface area (Å²) in [5, 5.41) is 3.31. The number of amides is 1. The minimum absolute atomic E-state index is 0.0310. The Morgan fingerprint density at radius 3 is 2.60 bits per heavy atom. The second kappa shape index (κ2) is 5.50. The van der Waals surface area contributed by atoms with E-state index in [-0.39, 0.29) is 17.9 Å². The Hall–Kier alpha value is -1.46. The summed E-state index contributed by atoms with van der Waals surface area (Å²) in [5.74, 6) is 1.16. The minimum atomic E-state index is -0.0331. The number of carbonyl (C=O) groups is 1. The summed E-state index contributed by atoms with van der Waals surface area (Å²) in [4.78, 5) is 12.2. The van der Waals surface area contributed by atoms with Gasteiger partial charge in [-0.1, -0.05) is 11.6 Å². The van der Waals surface area contributed by atoms with E-state index >= 15 is 0 Å². The Morgan fingerprint density at radius 1 is 1.25 bits per heavy atom. The number of nitrogens with two attached hydrogens (primary N) is 1. The molecule has 2 atom stereocenters. The average molecular weight is 297 g/mol. The number of halogens is 1. The molecule has 1 saturated carbocycles. The number of rotatable bonds is 2. The number of carbonyl (C=O) groups excluding carboxylic acids is 1. The van der Waals surface area contributed by atoms with Gasteiger partial charge in [-0.15, -0.1) is 0 Å². The van der Waals surface area contributed by atoms with Gasteiger partial charge in [0, 0.05) is 24.1 Å². The number of hydrogen-bond donors (Lipinski definition) is 2. The first kappa shape index (κ1) is 13.5. The third kappa shape index (κ3) is 2.69. The number of benzene rings is 1. The lowest BCUT2D eigenvalue weighted by atomic mass is 10.1. The predicted octanol–water partition coefficient (Wildman–Crippen LogP) is 2.18. The van der Waals surface area contributed by atoms with E-state index < -0.39 is 0 Å². The molecule has 0 spiro atoms. The number of ether oxygens (including phenoxy) is 2. The highest BCUT2D eigenvalue weighted by atomic mass is 35.5. The van der Waals surface area contributed by atoms with E-state index in [1.807, 2.05) is 0 Å². The molecule has 1 amide bonds. The van der Waals surface area contributed by atoms with Crippen LogP contribution in [0.4, 0.5) is 5.69 Å². The quantitative estimate of drug-likeness (QED) is 0.877. The smallest absolute Gasteiger partial charge is 0.227 e. The minimum Gasteiger partial charge on any atom is -0.486 e. The second-order valence-electron chi connectivity index (χ2n) is 5.24. The van der Waals surface area contributed by atoms with Crippen molar-refractivity contribution in [2.75, 3.05) is 18.5 Å². The molecule has 1 aliphatic carbocycles. The zero-order chi connectivity index (χ0) is 14.1. The van der Waals surface area contributed by atoms with Crippen LogP contribution in [0.2, 0.25) is 5.02 Å². The van der Waals surface area contributed by atoms with Gasteiger partial charge in [0.05, 0.1) is 10.7 Å². The first-order valence-corrected chi connectivity index (χ1v) is 7.17. The third-order valence-corrected chi connectivity index (χ3v) is 4.05. The molecule has 0 bridgehead atoms. The molecule has 0 saturated heterocycles. The van der Waals surface area contributed by atoms with Crippen molar-refractivity contribution >= 4 is 23.2 Å². The molecule has 3 N–H and O–H groups in total. The molecule has 108 valence electrons. The fourth-order valence-corrected chi connectivity index (χ4v) is 2.85. The normalized spacial score (nSPS) is 24.5. The Labute approximate surface area is 122 Å². The fraction of sp³-hybridized carbons (Fsp3) is 0.500. The van der Waals surface area contributed by atoms with Crippen LogP contribution in [0.5, 0.6) is 11.5 Å². The second-order valence-corrected chi connectivity index (χ2v) is 5.64. The van der Waals surface area contributed by atoms with E-state index in [1.165, 1.54) is 0 Å². The van der Waals surface area contributed by atoms with Crippen LogP contribution in [0, 0.1) is 5.92 Å². The molecule has 1 aromatic rings. The molecule has 2 aliphatic rings. The van der Waals surface area contributed by atoms with Crippen molar-refractivity contribution in [2.24, 2.45) is 11.7 Å². The molecular weight excluding hydrogens is 280 g/mol. The van der Waals surface area contributed by atoms with E-state index in [1.54, 1.807) is 12.1 Å². The van der Waals surface area contributed by atoms with E-state index in [0.29, 0.717) is 35.4 Å². The molecule has 1 aromatic carbocycles. The van der Waals surface area contributed by atoms with Crippen LogP contribution in [0.25, 0.3) is 0 Å². The van der Waals surface area contributed by atoms with Crippen molar-refractivity contribution in [3.05, 3.63) is 17.2 Å². The highest BCUT2D eigenvalue weighted by Gasteiger charge is 2.28. The number of fused-ring (bicyclic) bond motifs is 1. The van der Waals surface area contributed by atoms with Crippen molar-refractivity contribution < 1.29 is 14.3 Å². The molecule has 20 heavy (non-hydrogen) atoms. The molecule has 1 heterocycles. The van der Waals surface area contributed by atoms with Gasteiger partial charge in [0.15, 0.2) is 11.5 Å². The van der Waals surface area contributed by atoms with Crippen LogP contribution in [-0.2, 0) is 4.79 Å². The maximum atomic E-state index is 12.2. The van der Waals surface area contributed by atoms with Gasteiger partial charge in [-0.2, -0.15) is 0 Å². The summed E-state index contributed by atoms with van der Waals surface area (Å²) < 4.78 is 10.9. The first-order chi connectivity index (χ1) is 9.63. The molecule has 0 aromatic heterocycles. The lowest BCUT2D eigenvalue weighted by Crippen LogP contribution is -2.23. The van der Waals surface area contributed by atoms with Crippen LogP contribution in [-0.4, -0.2) is 25.2 Å². The average Bonchev–Trinajstić information content (AvgIpc) is 2.86. The van der Waals surface area contributed by atoms with Crippen LogP contribution in [0.1, 0.15) is 19.3 Å². The Morgan fingerprint density at radius 2 is 1.95 bits per heavy atom. The predicted molar refractivity (Wildman–Crippen MR) is 76.4 cm³/mol. The summed E-state index contributed by atoms with van der Waals surface area (Å²) in [6.07, 6.45) is 2.45. The van der Waals surface area contributed by atoms with Gasteiger partial charge in [0.25, 0.3) is 0 Å². The highest BCUT2D eigenvalue weighted by Crippen LogP contribution is 2.38. The zero-order valence-corrected chi connectivity index (χ0v) is 11.8. The number of anilines is 1. The highest BCUT2D eigenvalue weighted by molar-refractivity contribution is 6.34. The zero-order valence-electron chi connectivity index (χ0n) is 11.0. The maximum absolute atomic E-state index is 12.2. The molecule has 5 nitrogen and oxygen atoms in total. The SMILES string of the molecule is NC1CCC(C(=O)Nc2cc3c(cc2Cl)OCCO3)C1. The Kier molecular flexibility index (Phi) is 3.72. The number of hydrogen-bond acceptors (Lipinski definition) is 4. The van der Waals surface area contributed by atoms with Gasteiger partial charge < -0.3 is 20.5 Å². The van der Waals surface area contributed by atoms with Crippen LogP contribution in [0.15, 0.2) is 12.1 Å². The molecule has 1 aliphatic heterocycles. The molecule has 1 fully saturated rings. The third-order valence-electron chi connectivity index (χ3n) is 3.73.